The van der Waals surface area contributed by atoms with Crippen LogP contribution >= 0.6 is 0 Å². The zero-order chi connectivity index (χ0) is 13.8. The van der Waals surface area contributed by atoms with Gasteiger partial charge in [0.25, 0.3) is 0 Å². The van der Waals surface area contributed by atoms with Crippen LogP contribution in [0.5, 0.6) is 0 Å². The van der Waals surface area contributed by atoms with E-state index in [0.717, 1.165) is 26.2 Å². The van der Waals surface area contributed by atoms with Gasteiger partial charge in [0.2, 0.25) is 0 Å². The van der Waals surface area contributed by atoms with E-state index in [1.165, 1.54) is 23.1 Å². The summed E-state index contributed by atoms with van der Waals surface area (Å²) in [5.41, 5.74) is 10.2. The molecular formula is C16H26N2O. The van der Waals surface area contributed by atoms with Crippen molar-refractivity contribution in [2.75, 3.05) is 26.2 Å². The minimum absolute atomic E-state index is 0.0287. The molecule has 2 atom stereocenters. The number of morpholine rings is 1. The van der Waals surface area contributed by atoms with E-state index in [-0.39, 0.29) is 12.1 Å². The summed E-state index contributed by atoms with van der Waals surface area (Å²) in [4.78, 5) is 2.45. The number of nitrogens with two attached hydrogens (primary N) is 1. The molecule has 0 saturated carbocycles. The van der Waals surface area contributed by atoms with Gasteiger partial charge in [-0.15, -0.1) is 0 Å². The zero-order valence-corrected chi connectivity index (χ0v) is 12.4. The summed E-state index contributed by atoms with van der Waals surface area (Å²) in [5.74, 6) is 0. The summed E-state index contributed by atoms with van der Waals surface area (Å²) in [6.45, 7) is 10.4. The number of rotatable bonds is 4. The summed E-state index contributed by atoms with van der Waals surface area (Å²) in [6.07, 6.45) is 1.30. The molecule has 2 unspecified atom stereocenters. The highest BCUT2D eigenvalue weighted by Crippen LogP contribution is 2.22. The predicted octanol–water partition coefficient (Wildman–Crippen LogP) is 2.41. The van der Waals surface area contributed by atoms with E-state index in [0.29, 0.717) is 0 Å². The van der Waals surface area contributed by atoms with Crippen molar-refractivity contribution in [1.82, 2.24) is 4.90 Å². The Bertz CT molecular complexity index is 417. The Labute approximate surface area is 116 Å². The van der Waals surface area contributed by atoms with Gasteiger partial charge >= 0.3 is 0 Å². The maximum Gasteiger partial charge on any atom is 0.0894 e. The maximum absolute atomic E-state index is 6.40. The summed E-state index contributed by atoms with van der Waals surface area (Å²) in [6, 6.07) is 6.45. The third-order valence-electron chi connectivity index (χ3n) is 4.03. The zero-order valence-electron chi connectivity index (χ0n) is 12.4. The topological polar surface area (TPSA) is 38.5 Å². The number of ether oxygens (including phenoxy) is 1. The van der Waals surface area contributed by atoms with Crippen molar-refractivity contribution in [3.05, 3.63) is 34.9 Å². The van der Waals surface area contributed by atoms with Crippen molar-refractivity contribution < 1.29 is 4.74 Å². The Morgan fingerprint density at radius 2 is 2.16 bits per heavy atom. The Balaban J connectivity index is 2.05. The molecule has 1 saturated heterocycles. The second-order valence-electron chi connectivity index (χ2n) is 5.58. The van der Waals surface area contributed by atoms with E-state index in [2.05, 4.69) is 43.9 Å². The monoisotopic (exact) mass is 262 g/mol. The molecule has 3 heteroatoms. The first-order chi connectivity index (χ1) is 9.11. The SMILES string of the molecule is CCCN1CCOC(C(N)c2ccc(C)c(C)c2)C1. The number of hydrogen-bond donors (Lipinski definition) is 1. The first-order valence-electron chi connectivity index (χ1n) is 7.28. The van der Waals surface area contributed by atoms with Crippen molar-refractivity contribution >= 4 is 0 Å². The van der Waals surface area contributed by atoms with E-state index in [1.807, 2.05) is 0 Å². The van der Waals surface area contributed by atoms with Gasteiger partial charge in [-0.3, -0.25) is 4.90 Å². The van der Waals surface area contributed by atoms with Crippen molar-refractivity contribution in [2.45, 2.75) is 39.3 Å². The number of hydrogen-bond acceptors (Lipinski definition) is 3. The highest BCUT2D eigenvalue weighted by atomic mass is 16.5. The lowest BCUT2D eigenvalue weighted by Gasteiger charge is -2.35. The highest BCUT2D eigenvalue weighted by molar-refractivity contribution is 5.32. The highest BCUT2D eigenvalue weighted by Gasteiger charge is 2.26. The fraction of sp³-hybridized carbons (Fsp3) is 0.625. The fourth-order valence-corrected chi connectivity index (χ4v) is 2.65. The number of benzene rings is 1. The lowest BCUT2D eigenvalue weighted by atomic mass is 9.97. The molecule has 1 aliphatic heterocycles. The van der Waals surface area contributed by atoms with E-state index in [9.17, 15) is 0 Å². The second kappa shape index (κ2) is 6.51. The maximum atomic E-state index is 6.40. The minimum Gasteiger partial charge on any atom is -0.374 e. The van der Waals surface area contributed by atoms with Gasteiger partial charge in [-0.1, -0.05) is 25.1 Å². The van der Waals surface area contributed by atoms with E-state index >= 15 is 0 Å². The Hall–Kier alpha value is -0.900. The molecule has 3 nitrogen and oxygen atoms in total. The van der Waals surface area contributed by atoms with Gasteiger partial charge in [0.05, 0.1) is 18.8 Å². The summed E-state index contributed by atoms with van der Waals surface area (Å²) >= 11 is 0. The number of aryl methyl sites for hydroxylation is 2. The average Bonchev–Trinajstić information content (AvgIpc) is 2.42. The van der Waals surface area contributed by atoms with Gasteiger partial charge < -0.3 is 10.5 Å². The van der Waals surface area contributed by atoms with Crippen molar-refractivity contribution in [3.63, 3.8) is 0 Å². The molecule has 2 N–H and O–H groups in total. The van der Waals surface area contributed by atoms with Crippen LogP contribution < -0.4 is 5.73 Å². The Morgan fingerprint density at radius 1 is 1.37 bits per heavy atom. The largest absolute Gasteiger partial charge is 0.374 e. The van der Waals surface area contributed by atoms with Crippen LogP contribution in [0, 0.1) is 13.8 Å². The van der Waals surface area contributed by atoms with Gasteiger partial charge in [-0.05, 0) is 43.5 Å². The molecule has 1 aliphatic rings. The van der Waals surface area contributed by atoms with Gasteiger partial charge in [-0.2, -0.15) is 0 Å². The Morgan fingerprint density at radius 3 is 2.84 bits per heavy atom. The third-order valence-corrected chi connectivity index (χ3v) is 4.03. The van der Waals surface area contributed by atoms with Crippen LogP contribution in [0.15, 0.2) is 18.2 Å². The molecule has 19 heavy (non-hydrogen) atoms. The first-order valence-corrected chi connectivity index (χ1v) is 7.28. The number of nitrogens with zero attached hydrogens (tertiary/aromatic N) is 1. The molecule has 1 aromatic carbocycles. The molecule has 106 valence electrons. The first kappa shape index (κ1) is 14.5. The van der Waals surface area contributed by atoms with Crippen LogP contribution in [0.1, 0.15) is 36.1 Å². The summed E-state index contributed by atoms with van der Waals surface area (Å²) in [5, 5.41) is 0. The Kier molecular flexibility index (Phi) is 4.97. The van der Waals surface area contributed by atoms with Crippen molar-refractivity contribution in [1.29, 1.82) is 0 Å². The molecule has 0 radical (unpaired) electrons. The molecule has 0 spiro atoms. The molecule has 1 aromatic rings. The fourth-order valence-electron chi connectivity index (χ4n) is 2.65. The van der Waals surface area contributed by atoms with Crippen LogP contribution in [-0.2, 0) is 4.74 Å². The molecular weight excluding hydrogens is 236 g/mol. The van der Waals surface area contributed by atoms with Gasteiger partial charge in [0, 0.05) is 13.1 Å². The van der Waals surface area contributed by atoms with Crippen LogP contribution in [0.3, 0.4) is 0 Å². The van der Waals surface area contributed by atoms with Crippen LogP contribution in [0.25, 0.3) is 0 Å². The summed E-state index contributed by atoms with van der Waals surface area (Å²) in [7, 11) is 0. The molecule has 0 amide bonds. The van der Waals surface area contributed by atoms with Crippen molar-refractivity contribution in [3.8, 4) is 0 Å². The molecule has 0 aliphatic carbocycles. The molecule has 0 aromatic heterocycles. The van der Waals surface area contributed by atoms with Crippen molar-refractivity contribution in [2.24, 2.45) is 5.73 Å². The summed E-state index contributed by atoms with van der Waals surface area (Å²) < 4.78 is 5.87. The van der Waals surface area contributed by atoms with Crippen LogP contribution in [0.2, 0.25) is 0 Å². The van der Waals surface area contributed by atoms with Crippen LogP contribution in [-0.4, -0.2) is 37.2 Å². The van der Waals surface area contributed by atoms with E-state index in [1.54, 1.807) is 0 Å². The quantitative estimate of drug-likeness (QED) is 0.905. The lowest BCUT2D eigenvalue weighted by Crippen LogP contribution is -2.47. The van der Waals surface area contributed by atoms with E-state index < -0.39 is 0 Å². The molecule has 0 bridgehead atoms. The van der Waals surface area contributed by atoms with Crippen LogP contribution in [0.4, 0.5) is 0 Å². The lowest BCUT2D eigenvalue weighted by molar-refractivity contribution is -0.0408. The standard InChI is InChI=1S/C16H26N2O/c1-4-7-18-8-9-19-15(11-18)16(17)14-6-5-12(2)13(3)10-14/h5-6,10,15-16H,4,7-9,11,17H2,1-3H3. The predicted molar refractivity (Wildman–Crippen MR) is 79.3 cm³/mol. The van der Waals surface area contributed by atoms with Gasteiger partial charge in [0.1, 0.15) is 0 Å². The third kappa shape index (κ3) is 3.56. The van der Waals surface area contributed by atoms with Gasteiger partial charge in [-0.25, -0.2) is 0 Å². The second-order valence-corrected chi connectivity index (χ2v) is 5.58. The van der Waals surface area contributed by atoms with E-state index in [4.69, 9.17) is 10.5 Å². The smallest absolute Gasteiger partial charge is 0.0894 e. The molecule has 2 rings (SSSR count). The average molecular weight is 262 g/mol. The normalized spacial score (nSPS) is 22.4. The molecule has 1 fully saturated rings. The van der Waals surface area contributed by atoms with Gasteiger partial charge in [0.15, 0.2) is 0 Å². The minimum atomic E-state index is -0.0287. The molecule has 1 heterocycles.